The molecule has 0 amide bonds. The summed E-state index contributed by atoms with van der Waals surface area (Å²) in [4.78, 5) is 2.48. The molecular formula is C53H39N. The highest BCUT2D eigenvalue weighted by Crippen LogP contribution is 2.51. The van der Waals surface area contributed by atoms with Crippen LogP contribution in [0.5, 0.6) is 0 Å². The van der Waals surface area contributed by atoms with Crippen LogP contribution in [0.25, 0.3) is 66.4 Å². The van der Waals surface area contributed by atoms with Crippen molar-refractivity contribution in [1.82, 2.24) is 0 Å². The fraction of sp³-hybridized carbons (Fsp3) is 0.0189. The molecule has 1 heteroatoms. The van der Waals surface area contributed by atoms with Crippen molar-refractivity contribution in [3.05, 3.63) is 224 Å². The first-order valence-electron chi connectivity index (χ1n) is 18.6. The van der Waals surface area contributed by atoms with E-state index in [1.807, 2.05) is 0 Å². The normalized spacial score (nSPS) is 11.1. The molecule has 0 aliphatic carbocycles. The Morgan fingerprint density at radius 1 is 0.296 bits per heavy atom. The van der Waals surface area contributed by atoms with Gasteiger partial charge < -0.3 is 4.90 Å². The number of hydrogen-bond acceptors (Lipinski definition) is 1. The minimum absolute atomic E-state index is 1.09. The smallest absolute Gasteiger partial charge is 0.0625 e. The molecule has 0 aliphatic rings. The van der Waals surface area contributed by atoms with Crippen LogP contribution in [-0.4, -0.2) is 0 Å². The van der Waals surface area contributed by atoms with Crippen molar-refractivity contribution in [2.75, 3.05) is 4.90 Å². The maximum atomic E-state index is 2.48. The van der Waals surface area contributed by atoms with Gasteiger partial charge in [-0.05, 0) is 104 Å². The van der Waals surface area contributed by atoms with Crippen molar-refractivity contribution in [3.63, 3.8) is 0 Å². The number of anilines is 3. The number of benzene rings is 9. The van der Waals surface area contributed by atoms with E-state index in [-0.39, 0.29) is 0 Å². The summed E-state index contributed by atoms with van der Waals surface area (Å²) in [6, 6.07) is 79.1. The number of nitrogens with zero attached hydrogens (tertiary/aromatic N) is 1. The summed E-state index contributed by atoms with van der Waals surface area (Å²) in [5.74, 6) is 0. The quantitative estimate of drug-likeness (QED) is 0.153. The van der Waals surface area contributed by atoms with Gasteiger partial charge in [-0.15, -0.1) is 0 Å². The molecule has 0 saturated carbocycles. The fourth-order valence-corrected chi connectivity index (χ4v) is 7.73. The third kappa shape index (κ3) is 6.38. The zero-order valence-electron chi connectivity index (χ0n) is 30.2. The van der Waals surface area contributed by atoms with Gasteiger partial charge in [-0.25, -0.2) is 0 Å². The fourth-order valence-electron chi connectivity index (χ4n) is 7.73. The van der Waals surface area contributed by atoms with Gasteiger partial charge in [0, 0.05) is 22.3 Å². The summed E-state index contributed by atoms with van der Waals surface area (Å²) in [5.41, 5.74) is 16.5. The van der Waals surface area contributed by atoms with Crippen LogP contribution in [0.2, 0.25) is 0 Å². The Morgan fingerprint density at radius 3 is 1.11 bits per heavy atom. The zero-order valence-corrected chi connectivity index (χ0v) is 30.2. The summed E-state index contributed by atoms with van der Waals surface area (Å²) in [6.45, 7) is 2.22. The van der Waals surface area contributed by atoms with Crippen molar-refractivity contribution < 1.29 is 0 Å². The second-order valence-corrected chi connectivity index (χ2v) is 13.8. The highest BCUT2D eigenvalue weighted by Gasteiger charge is 2.25. The molecular weight excluding hydrogens is 651 g/mol. The van der Waals surface area contributed by atoms with Gasteiger partial charge in [-0.3, -0.25) is 0 Å². The van der Waals surface area contributed by atoms with Crippen molar-refractivity contribution in [2.45, 2.75) is 6.92 Å². The average Bonchev–Trinajstić information content (AvgIpc) is 3.25. The number of fused-ring (bicyclic) bond motifs is 1. The lowest BCUT2D eigenvalue weighted by Gasteiger charge is -2.32. The Balaban J connectivity index is 1.39. The third-order valence-corrected chi connectivity index (χ3v) is 10.3. The van der Waals surface area contributed by atoms with Crippen LogP contribution in [0.15, 0.2) is 218 Å². The highest BCUT2D eigenvalue weighted by atomic mass is 15.1. The molecule has 9 aromatic rings. The monoisotopic (exact) mass is 689 g/mol. The minimum atomic E-state index is 1.09. The molecule has 0 saturated heterocycles. The SMILES string of the molecule is Cc1cc(-c2ccccc2)c2cc(-c3ccccc3)c(-c3ccccc3)c(N(c3ccc(-c4ccccc4)cc3)c3ccc(-c4ccccc4)cc3)c2c1. The van der Waals surface area contributed by atoms with Crippen molar-refractivity contribution >= 4 is 27.8 Å². The third-order valence-electron chi connectivity index (χ3n) is 10.3. The van der Waals surface area contributed by atoms with Crippen LogP contribution < -0.4 is 4.90 Å². The number of rotatable bonds is 8. The van der Waals surface area contributed by atoms with Crippen molar-refractivity contribution in [3.8, 4) is 55.6 Å². The van der Waals surface area contributed by atoms with E-state index < -0.39 is 0 Å². The first kappa shape index (κ1) is 32.9. The van der Waals surface area contributed by atoms with Gasteiger partial charge in [0.1, 0.15) is 0 Å². The van der Waals surface area contributed by atoms with Gasteiger partial charge in [0.05, 0.1) is 5.69 Å². The van der Waals surface area contributed by atoms with E-state index in [9.17, 15) is 0 Å². The Kier molecular flexibility index (Phi) is 8.89. The van der Waals surface area contributed by atoms with Gasteiger partial charge in [0.25, 0.3) is 0 Å². The second kappa shape index (κ2) is 14.6. The first-order chi connectivity index (χ1) is 26.7. The molecule has 0 bridgehead atoms. The van der Waals surface area contributed by atoms with E-state index in [1.165, 1.54) is 72.0 Å². The van der Waals surface area contributed by atoms with Gasteiger partial charge in [-0.2, -0.15) is 0 Å². The Hall–Kier alpha value is -6.96. The van der Waals surface area contributed by atoms with E-state index in [0.29, 0.717) is 0 Å². The molecule has 1 nitrogen and oxygen atoms in total. The van der Waals surface area contributed by atoms with Crippen molar-refractivity contribution in [2.24, 2.45) is 0 Å². The summed E-state index contributed by atoms with van der Waals surface area (Å²) >= 11 is 0. The molecule has 0 N–H and O–H groups in total. The standard InChI is InChI=1S/C53H39N/c1-38-35-48(43-21-11-4-12-22-43)50-37-49(44-23-13-5-14-24-44)52(45-25-15-6-16-26-45)53(51(50)36-38)54(46-31-27-41(28-32-46)39-17-7-2-8-18-39)47-33-29-42(30-34-47)40-19-9-3-10-20-40/h2-37H,1H3. The molecule has 0 heterocycles. The van der Waals surface area contributed by atoms with E-state index >= 15 is 0 Å². The largest absolute Gasteiger partial charge is 0.309 e. The average molecular weight is 690 g/mol. The molecule has 0 atom stereocenters. The van der Waals surface area contributed by atoms with E-state index in [4.69, 9.17) is 0 Å². The summed E-state index contributed by atoms with van der Waals surface area (Å²) in [5, 5.41) is 2.42. The minimum Gasteiger partial charge on any atom is -0.309 e. The Bertz CT molecular complexity index is 2570. The lowest BCUT2D eigenvalue weighted by molar-refractivity contribution is 1.29. The van der Waals surface area contributed by atoms with Gasteiger partial charge in [0.15, 0.2) is 0 Å². The zero-order chi connectivity index (χ0) is 36.3. The molecule has 0 spiro atoms. The summed E-state index contributed by atoms with van der Waals surface area (Å²) < 4.78 is 0. The maximum Gasteiger partial charge on any atom is 0.0625 e. The summed E-state index contributed by atoms with van der Waals surface area (Å²) in [6.07, 6.45) is 0. The predicted molar refractivity (Wildman–Crippen MR) is 231 cm³/mol. The maximum absolute atomic E-state index is 2.48. The van der Waals surface area contributed by atoms with E-state index in [2.05, 4.69) is 230 Å². The van der Waals surface area contributed by atoms with Crippen LogP contribution in [0, 0.1) is 6.92 Å². The van der Waals surface area contributed by atoms with Crippen LogP contribution in [-0.2, 0) is 0 Å². The molecule has 0 fully saturated rings. The van der Waals surface area contributed by atoms with Crippen LogP contribution >= 0.6 is 0 Å². The molecule has 0 unspecified atom stereocenters. The molecule has 9 rings (SSSR count). The molecule has 0 aliphatic heterocycles. The molecule has 0 radical (unpaired) electrons. The van der Waals surface area contributed by atoms with Crippen molar-refractivity contribution in [1.29, 1.82) is 0 Å². The second-order valence-electron chi connectivity index (χ2n) is 13.8. The van der Waals surface area contributed by atoms with E-state index in [1.54, 1.807) is 0 Å². The van der Waals surface area contributed by atoms with Crippen LogP contribution in [0.3, 0.4) is 0 Å². The van der Waals surface area contributed by atoms with Gasteiger partial charge in [-0.1, -0.05) is 182 Å². The number of aryl methyl sites for hydroxylation is 1. The van der Waals surface area contributed by atoms with Gasteiger partial charge in [0.2, 0.25) is 0 Å². The predicted octanol–water partition coefficient (Wildman–Crippen LogP) is 15.0. The summed E-state index contributed by atoms with van der Waals surface area (Å²) in [7, 11) is 0. The molecule has 9 aromatic carbocycles. The first-order valence-corrected chi connectivity index (χ1v) is 18.6. The van der Waals surface area contributed by atoms with Gasteiger partial charge >= 0.3 is 0 Å². The van der Waals surface area contributed by atoms with Crippen LogP contribution in [0.4, 0.5) is 17.1 Å². The lowest BCUT2D eigenvalue weighted by atomic mass is 9.85. The van der Waals surface area contributed by atoms with Crippen LogP contribution in [0.1, 0.15) is 5.56 Å². The molecule has 54 heavy (non-hydrogen) atoms. The molecule has 0 aromatic heterocycles. The van der Waals surface area contributed by atoms with E-state index in [0.717, 1.165) is 17.1 Å². The topological polar surface area (TPSA) is 3.24 Å². The lowest BCUT2D eigenvalue weighted by Crippen LogP contribution is -2.13. The number of hydrogen-bond donors (Lipinski definition) is 0. The molecule has 256 valence electrons. The Labute approximate surface area is 318 Å². The highest BCUT2D eigenvalue weighted by molar-refractivity contribution is 6.15. The Morgan fingerprint density at radius 2 is 0.667 bits per heavy atom.